The van der Waals surface area contributed by atoms with Crippen LogP contribution in [-0.4, -0.2) is 60.0 Å². The maximum atomic E-state index is 6.87. The molecule has 1 aliphatic heterocycles. The fourth-order valence-corrected chi connectivity index (χ4v) is 5.41. The summed E-state index contributed by atoms with van der Waals surface area (Å²) < 4.78 is 7.58. The number of ether oxygens (including phenoxy) is 1. The number of hydrogen-bond acceptors (Lipinski definition) is 5. The van der Waals surface area contributed by atoms with Crippen molar-refractivity contribution in [3.05, 3.63) is 76.9 Å². The molecule has 188 valence electrons. The van der Waals surface area contributed by atoms with E-state index in [1.54, 1.807) is 7.11 Å². The molecule has 1 saturated heterocycles. The van der Waals surface area contributed by atoms with E-state index >= 15 is 0 Å². The molecule has 0 aliphatic carbocycles. The number of aromatic nitrogens is 3. The van der Waals surface area contributed by atoms with E-state index < -0.39 is 0 Å². The molecule has 0 bridgehead atoms. The summed E-state index contributed by atoms with van der Waals surface area (Å²) in [7, 11) is 3.84. The summed E-state index contributed by atoms with van der Waals surface area (Å²) in [6.45, 7) is 8.26. The number of hydrogen-bond donors (Lipinski definition) is 0. The monoisotopic (exact) mass is 511 g/mol. The lowest BCUT2D eigenvalue weighted by molar-refractivity contribution is 0.313. The molecule has 1 fully saturated rings. The summed E-state index contributed by atoms with van der Waals surface area (Å²) in [6, 6.07) is 18.7. The number of halogens is 1. The zero-order chi connectivity index (χ0) is 25.7. The second-order valence-electron chi connectivity index (χ2n) is 9.89. The third-order valence-corrected chi connectivity index (χ3v) is 7.82. The maximum Gasteiger partial charge on any atom is 0.119 e. The van der Waals surface area contributed by atoms with Crippen LogP contribution in [0.5, 0.6) is 5.75 Å². The molecule has 0 N–H and O–H groups in total. The molecule has 3 heterocycles. The Hall–Kier alpha value is -3.61. The molecular weight excluding hydrogens is 482 g/mol. The first kappa shape index (κ1) is 23.8. The first-order valence-electron chi connectivity index (χ1n) is 12.6. The molecule has 0 atom stereocenters. The Morgan fingerprint density at radius 1 is 0.865 bits per heavy atom. The van der Waals surface area contributed by atoms with Gasteiger partial charge in [-0.15, -0.1) is 0 Å². The fraction of sp³-hybridized carbons (Fsp3) is 0.267. The van der Waals surface area contributed by atoms with Crippen LogP contribution in [0.15, 0.2) is 60.8 Å². The summed E-state index contributed by atoms with van der Waals surface area (Å²) in [5, 5.41) is 7.87. The molecule has 0 radical (unpaired) electrons. The van der Waals surface area contributed by atoms with Crippen molar-refractivity contribution >= 4 is 39.1 Å². The Morgan fingerprint density at radius 3 is 2.41 bits per heavy atom. The number of piperazine rings is 1. The zero-order valence-electron chi connectivity index (χ0n) is 21.6. The van der Waals surface area contributed by atoms with Gasteiger partial charge in [0.05, 0.1) is 34.5 Å². The molecule has 0 unspecified atom stereocenters. The minimum atomic E-state index is 0.742. The largest absolute Gasteiger partial charge is 0.497 e. The van der Waals surface area contributed by atoms with E-state index in [4.69, 9.17) is 26.4 Å². The highest BCUT2D eigenvalue weighted by atomic mass is 35.5. The van der Waals surface area contributed by atoms with Crippen molar-refractivity contribution in [1.29, 1.82) is 0 Å². The van der Waals surface area contributed by atoms with Crippen LogP contribution >= 0.6 is 11.6 Å². The first-order chi connectivity index (χ1) is 17.9. The summed E-state index contributed by atoms with van der Waals surface area (Å²) in [6.07, 6.45) is 1.92. The van der Waals surface area contributed by atoms with Gasteiger partial charge in [0, 0.05) is 48.7 Å². The highest BCUT2D eigenvalue weighted by Crippen LogP contribution is 2.38. The summed E-state index contributed by atoms with van der Waals surface area (Å²) in [4.78, 5) is 9.48. The number of pyridine rings is 1. The number of rotatable bonds is 4. The summed E-state index contributed by atoms with van der Waals surface area (Å²) >= 11 is 6.87. The van der Waals surface area contributed by atoms with Gasteiger partial charge >= 0.3 is 0 Å². The van der Waals surface area contributed by atoms with Crippen molar-refractivity contribution < 1.29 is 4.74 Å². The first-order valence-corrected chi connectivity index (χ1v) is 13.0. The third-order valence-electron chi connectivity index (χ3n) is 7.51. The number of methoxy groups -OCH3 is 1. The average molecular weight is 512 g/mol. The van der Waals surface area contributed by atoms with Crippen LogP contribution in [0.1, 0.15) is 11.1 Å². The Labute approximate surface area is 222 Å². The highest BCUT2D eigenvalue weighted by Gasteiger charge is 2.21. The van der Waals surface area contributed by atoms with E-state index in [2.05, 4.69) is 61.0 Å². The minimum absolute atomic E-state index is 0.742. The Morgan fingerprint density at radius 2 is 1.68 bits per heavy atom. The van der Waals surface area contributed by atoms with Gasteiger partial charge in [-0.25, -0.2) is 4.68 Å². The van der Waals surface area contributed by atoms with Crippen LogP contribution in [-0.2, 0) is 0 Å². The second-order valence-corrected chi connectivity index (χ2v) is 10.3. The van der Waals surface area contributed by atoms with E-state index in [9.17, 15) is 0 Å². The highest BCUT2D eigenvalue weighted by molar-refractivity contribution is 6.33. The second kappa shape index (κ2) is 9.36. The summed E-state index contributed by atoms with van der Waals surface area (Å²) in [5.41, 5.74) is 8.28. The van der Waals surface area contributed by atoms with Crippen LogP contribution in [0.4, 0.5) is 5.69 Å². The molecule has 0 saturated carbocycles. The fourth-order valence-electron chi connectivity index (χ4n) is 5.11. The minimum Gasteiger partial charge on any atom is -0.497 e. The molecule has 5 aromatic rings. The van der Waals surface area contributed by atoms with E-state index in [0.717, 1.165) is 81.4 Å². The van der Waals surface area contributed by atoms with Crippen molar-refractivity contribution in [2.24, 2.45) is 0 Å². The Kier molecular flexibility index (Phi) is 6.01. The van der Waals surface area contributed by atoms with Gasteiger partial charge in [-0.05, 0) is 74.5 Å². The molecular formula is C30H30ClN5O. The standard InChI is InChI=1S/C30H30ClN5O/c1-19-5-7-22(15-20(19)2)36-30-24-17-23(37-4)8-9-27(24)32-18-25(30)29(33-36)21-6-10-28(26(31)16-21)35-13-11-34(3)12-14-35/h5-10,15-18H,11-14H2,1-4H3. The topological polar surface area (TPSA) is 46.4 Å². The van der Waals surface area contributed by atoms with Crippen LogP contribution in [0.25, 0.3) is 38.8 Å². The molecule has 6 rings (SSSR count). The Balaban J connectivity index is 1.55. The lowest BCUT2D eigenvalue weighted by Crippen LogP contribution is -2.44. The van der Waals surface area contributed by atoms with E-state index in [-0.39, 0.29) is 0 Å². The van der Waals surface area contributed by atoms with Gasteiger partial charge in [-0.3, -0.25) is 4.98 Å². The van der Waals surface area contributed by atoms with Gasteiger partial charge < -0.3 is 14.5 Å². The molecule has 1 aliphatic rings. The molecule has 0 amide bonds. The molecule has 6 nitrogen and oxygen atoms in total. The van der Waals surface area contributed by atoms with Crippen molar-refractivity contribution in [2.45, 2.75) is 13.8 Å². The van der Waals surface area contributed by atoms with Crippen LogP contribution in [0.3, 0.4) is 0 Å². The average Bonchev–Trinajstić information content (AvgIpc) is 3.31. The quantitative estimate of drug-likeness (QED) is 0.284. The smallest absolute Gasteiger partial charge is 0.119 e. The van der Waals surface area contributed by atoms with Crippen molar-refractivity contribution in [3.63, 3.8) is 0 Å². The summed E-state index contributed by atoms with van der Waals surface area (Å²) in [5.74, 6) is 0.788. The third kappa shape index (κ3) is 4.20. The van der Waals surface area contributed by atoms with Gasteiger partial charge in [0.2, 0.25) is 0 Å². The van der Waals surface area contributed by atoms with E-state index in [0.29, 0.717) is 0 Å². The molecule has 3 aromatic carbocycles. The van der Waals surface area contributed by atoms with Crippen molar-refractivity contribution in [2.75, 3.05) is 45.2 Å². The van der Waals surface area contributed by atoms with Gasteiger partial charge in [0.1, 0.15) is 11.4 Å². The van der Waals surface area contributed by atoms with Crippen molar-refractivity contribution in [3.8, 4) is 22.7 Å². The number of nitrogens with zero attached hydrogens (tertiary/aromatic N) is 5. The van der Waals surface area contributed by atoms with E-state index in [1.165, 1.54) is 11.1 Å². The number of fused-ring (bicyclic) bond motifs is 3. The van der Waals surface area contributed by atoms with Crippen molar-refractivity contribution in [1.82, 2.24) is 19.7 Å². The Bertz CT molecular complexity index is 1630. The number of aryl methyl sites for hydroxylation is 2. The van der Waals surface area contributed by atoms with Gasteiger partial charge in [0.15, 0.2) is 0 Å². The number of benzene rings is 3. The predicted octanol–water partition coefficient (Wildman–Crippen LogP) is 6.27. The van der Waals surface area contributed by atoms with Crippen LogP contribution < -0.4 is 9.64 Å². The molecule has 2 aromatic heterocycles. The maximum absolute atomic E-state index is 6.87. The zero-order valence-corrected chi connectivity index (χ0v) is 22.4. The number of anilines is 1. The van der Waals surface area contributed by atoms with Gasteiger partial charge in [-0.1, -0.05) is 23.7 Å². The van der Waals surface area contributed by atoms with Gasteiger partial charge in [-0.2, -0.15) is 5.10 Å². The lowest BCUT2D eigenvalue weighted by atomic mass is 10.1. The molecule has 0 spiro atoms. The lowest BCUT2D eigenvalue weighted by Gasteiger charge is -2.34. The number of likely N-dealkylation sites (N-methyl/N-ethyl adjacent to an activating group) is 1. The van der Waals surface area contributed by atoms with Crippen LogP contribution in [0.2, 0.25) is 5.02 Å². The normalized spacial score (nSPS) is 14.6. The van der Waals surface area contributed by atoms with Crippen LogP contribution in [0, 0.1) is 13.8 Å². The molecule has 37 heavy (non-hydrogen) atoms. The predicted molar refractivity (Wildman–Crippen MR) is 153 cm³/mol. The SMILES string of the molecule is COc1ccc2ncc3c(-c4ccc(N5CCN(C)CC5)c(Cl)c4)nn(-c4ccc(C)c(C)c4)c3c2c1. The van der Waals surface area contributed by atoms with E-state index in [1.807, 2.05) is 35.1 Å². The van der Waals surface area contributed by atoms with Gasteiger partial charge in [0.25, 0.3) is 0 Å². The molecule has 7 heteroatoms.